The molecule has 1 spiro atoms. The molecule has 4 nitrogen and oxygen atoms in total. The van der Waals surface area contributed by atoms with Gasteiger partial charge in [-0.25, -0.2) is 4.79 Å². The van der Waals surface area contributed by atoms with Crippen LogP contribution in [0.4, 0.5) is 0 Å². The lowest BCUT2D eigenvalue weighted by Crippen LogP contribution is -2.48. The molecule has 1 fully saturated rings. The lowest BCUT2D eigenvalue weighted by atomic mass is 9.63. The Kier molecular flexibility index (Phi) is 2.62. The highest BCUT2D eigenvalue weighted by atomic mass is 16.4. The highest BCUT2D eigenvalue weighted by Crippen LogP contribution is 2.48. The summed E-state index contributed by atoms with van der Waals surface area (Å²) < 4.78 is 0. The monoisotopic (exact) mass is 259 g/mol. The third-order valence-electron chi connectivity index (χ3n) is 4.63. The minimum Gasteiger partial charge on any atom is -0.480 e. The van der Waals surface area contributed by atoms with Crippen molar-refractivity contribution in [3.63, 3.8) is 0 Å². The predicted molar refractivity (Wildman–Crippen MR) is 70.0 cm³/mol. The Balaban J connectivity index is 2.17. The molecule has 3 unspecified atom stereocenters. The fourth-order valence-corrected chi connectivity index (χ4v) is 3.66. The summed E-state index contributed by atoms with van der Waals surface area (Å²) in [4.78, 5) is 23.2. The second kappa shape index (κ2) is 4.08. The zero-order valence-corrected chi connectivity index (χ0v) is 10.8. The van der Waals surface area contributed by atoms with E-state index in [2.05, 4.69) is 18.3 Å². The van der Waals surface area contributed by atoms with Crippen molar-refractivity contribution in [3.8, 4) is 0 Å². The number of carbonyl (C=O) groups is 2. The van der Waals surface area contributed by atoms with Gasteiger partial charge in [-0.1, -0.05) is 31.2 Å². The predicted octanol–water partition coefficient (Wildman–Crippen LogP) is 1.79. The van der Waals surface area contributed by atoms with Crippen molar-refractivity contribution >= 4 is 11.9 Å². The molecule has 1 saturated heterocycles. The number of amides is 1. The van der Waals surface area contributed by atoms with E-state index in [1.54, 1.807) is 0 Å². The second-order valence-corrected chi connectivity index (χ2v) is 5.70. The first-order chi connectivity index (χ1) is 9.04. The summed E-state index contributed by atoms with van der Waals surface area (Å²) in [6, 6.07) is 7.16. The summed E-state index contributed by atoms with van der Waals surface area (Å²) in [5.41, 5.74) is 1.67. The Bertz CT molecular complexity index is 554. The number of hydrogen-bond acceptors (Lipinski definition) is 2. The molecule has 0 radical (unpaired) electrons. The third kappa shape index (κ3) is 1.66. The molecule has 0 bridgehead atoms. The van der Waals surface area contributed by atoms with E-state index in [-0.39, 0.29) is 12.3 Å². The van der Waals surface area contributed by atoms with Gasteiger partial charge < -0.3 is 10.4 Å². The van der Waals surface area contributed by atoms with Crippen LogP contribution in [0, 0.1) is 0 Å². The molecule has 2 N–H and O–H groups in total. The van der Waals surface area contributed by atoms with Gasteiger partial charge in [-0.15, -0.1) is 0 Å². The Hall–Kier alpha value is -1.84. The molecule has 2 aliphatic rings. The van der Waals surface area contributed by atoms with Gasteiger partial charge in [-0.2, -0.15) is 0 Å². The maximum Gasteiger partial charge on any atom is 0.327 e. The summed E-state index contributed by atoms with van der Waals surface area (Å²) in [6.07, 6.45) is 1.96. The molecule has 1 aromatic carbocycles. The average molecular weight is 259 g/mol. The molecule has 1 aliphatic heterocycles. The Morgan fingerprint density at radius 2 is 2.16 bits per heavy atom. The van der Waals surface area contributed by atoms with E-state index in [1.165, 1.54) is 5.56 Å². The van der Waals surface area contributed by atoms with Crippen molar-refractivity contribution in [2.75, 3.05) is 0 Å². The number of aliphatic carboxylic acids is 1. The zero-order chi connectivity index (χ0) is 13.6. The minimum absolute atomic E-state index is 0.156. The van der Waals surface area contributed by atoms with Gasteiger partial charge in [0.1, 0.15) is 6.04 Å². The van der Waals surface area contributed by atoms with Crippen molar-refractivity contribution < 1.29 is 14.7 Å². The molecule has 4 heteroatoms. The molecule has 1 heterocycles. The molecule has 100 valence electrons. The molecule has 3 rings (SSSR count). The van der Waals surface area contributed by atoms with Crippen LogP contribution < -0.4 is 5.32 Å². The van der Waals surface area contributed by atoms with E-state index < -0.39 is 17.4 Å². The number of carboxylic acid groups (broad SMARTS) is 1. The molecule has 1 aromatic rings. The Morgan fingerprint density at radius 3 is 2.89 bits per heavy atom. The molecule has 0 aromatic heterocycles. The molecular weight excluding hydrogens is 242 g/mol. The van der Waals surface area contributed by atoms with Crippen LogP contribution in [0.5, 0.6) is 0 Å². The zero-order valence-electron chi connectivity index (χ0n) is 10.8. The van der Waals surface area contributed by atoms with Crippen LogP contribution in [0.3, 0.4) is 0 Å². The van der Waals surface area contributed by atoms with Gasteiger partial charge in [-0.05, 0) is 29.9 Å². The van der Waals surface area contributed by atoms with E-state index in [0.29, 0.717) is 5.92 Å². The van der Waals surface area contributed by atoms with Crippen molar-refractivity contribution in [1.29, 1.82) is 0 Å². The van der Waals surface area contributed by atoms with Crippen LogP contribution in [0.1, 0.15) is 43.2 Å². The topological polar surface area (TPSA) is 66.4 Å². The van der Waals surface area contributed by atoms with Crippen molar-refractivity contribution in [3.05, 3.63) is 35.4 Å². The van der Waals surface area contributed by atoms with Crippen LogP contribution in [-0.4, -0.2) is 23.0 Å². The summed E-state index contributed by atoms with van der Waals surface area (Å²) in [7, 11) is 0. The highest BCUT2D eigenvalue weighted by molar-refractivity contribution is 5.91. The van der Waals surface area contributed by atoms with Gasteiger partial charge in [0.15, 0.2) is 0 Å². The van der Waals surface area contributed by atoms with E-state index in [0.717, 1.165) is 18.4 Å². The molecule has 1 aliphatic carbocycles. The SMILES string of the molecule is CC1CCC2(CC(=O)NC2C(=O)O)c2ccccc21. The van der Waals surface area contributed by atoms with Crippen molar-refractivity contribution in [1.82, 2.24) is 5.32 Å². The fraction of sp³-hybridized carbons (Fsp3) is 0.467. The van der Waals surface area contributed by atoms with Crippen LogP contribution in [0.25, 0.3) is 0 Å². The van der Waals surface area contributed by atoms with Crippen LogP contribution >= 0.6 is 0 Å². The molecular formula is C15H17NO3. The molecule has 1 amide bonds. The smallest absolute Gasteiger partial charge is 0.327 e. The van der Waals surface area contributed by atoms with E-state index in [1.807, 2.05) is 18.2 Å². The summed E-state index contributed by atoms with van der Waals surface area (Å²) in [6.45, 7) is 2.16. The molecule has 3 atom stereocenters. The van der Waals surface area contributed by atoms with Crippen LogP contribution in [0.2, 0.25) is 0 Å². The number of rotatable bonds is 1. The lowest BCUT2D eigenvalue weighted by molar-refractivity contribution is -0.141. The first-order valence-electron chi connectivity index (χ1n) is 6.66. The summed E-state index contributed by atoms with van der Waals surface area (Å²) in [5.74, 6) is -0.668. The van der Waals surface area contributed by atoms with Gasteiger partial charge in [-0.3, -0.25) is 4.79 Å². The maximum absolute atomic E-state index is 11.7. The van der Waals surface area contributed by atoms with E-state index >= 15 is 0 Å². The number of carbonyl (C=O) groups excluding carboxylic acids is 1. The first-order valence-corrected chi connectivity index (χ1v) is 6.66. The van der Waals surface area contributed by atoms with Crippen molar-refractivity contribution in [2.45, 2.75) is 43.6 Å². The number of fused-ring (bicyclic) bond motifs is 2. The lowest BCUT2D eigenvalue weighted by Gasteiger charge is -2.40. The van der Waals surface area contributed by atoms with Crippen LogP contribution in [-0.2, 0) is 15.0 Å². The summed E-state index contributed by atoms with van der Waals surface area (Å²) >= 11 is 0. The number of benzene rings is 1. The Morgan fingerprint density at radius 1 is 1.42 bits per heavy atom. The molecule has 0 saturated carbocycles. The standard InChI is InChI=1S/C15H17NO3/c1-9-6-7-15(11-5-3-2-4-10(9)11)8-12(17)16-13(15)14(18)19/h2-5,9,13H,6-8H2,1H3,(H,16,17)(H,18,19). The molecule has 19 heavy (non-hydrogen) atoms. The first kappa shape index (κ1) is 12.2. The largest absolute Gasteiger partial charge is 0.480 e. The minimum atomic E-state index is -0.935. The number of carboxylic acids is 1. The second-order valence-electron chi connectivity index (χ2n) is 5.70. The summed E-state index contributed by atoms with van der Waals surface area (Å²) in [5, 5.41) is 12.1. The van der Waals surface area contributed by atoms with Gasteiger partial charge in [0.05, 0.1) is 0 Å². The quantitative estimate of drug-likeness (QED) is 0.808. The normalized spacial score (nSPS) is 33.0. The van der Waals surface area contributed by atoms with E-state index in [4.69, 9.17) is 0 Å². The number of nitrogens with one attached hydrogen (secondary N) is 1. The average Bonchev–Trinajstić information content (AvgIpc) is 2.73. The van der Waals surface area contributed by atoms with Gasteiger partial charge in [0.2, 0.25) is 5.91 Å². The van der Waals surface area contributed by atoms with Gasteiger partial charge in [0.25, 0.3) is 0 Å². The Labute approximate surface area is 111 Å². The number of hydrogen-bond donors (Lipinski definition) is 2. The highest BCUT2D eigenvalue weighted by Gasteiger charge is 2.54. The van der Waals surface area contributed by atoms with Gasteiger partial charge in [0, 0.05) is 11.8 Å². The third-order valence-corrected chi connectivity index (χ3v) is 4.63. The van der Waals surface area contributed by atoms with Crippen molar-refractivity contribution in [2.24, 2.45) is 0 Å². The fourth-order valence-electron chi connectivity index (χ4n) is 3.66. The maximum atomic E-state index is 11.7. The van der Waals surface area contributed by atoms with Crippen LogP contribution in [0.15, 0.2) is 24.3 Å². The van der Waals surface area contributed by atoms with Gasteiger partial charge >= 0.3 is 5.97 Å². The van der Waals surface area contributed by atoms with E-state index in [9.17, 15) is 14.7 Å².